The van der Waals surface area contributed by atoms with Gasteiger partial charge >= 0.3 is 0 Å². The Labute approximate surface area is 122 Å². The first-order chi connectivity index (χ1) is 9.22. The second-order valence-electron chi connectivity index (χ2n) is 5.46. The first-order valence-electron chi connectivity index (χ1n) is 7.12. The Bertz CT molecular complexity index is 563. The minimum Gasteiger partial charge on any atom is -0.398 e. The topological polar surface area (TPSA) is 72.2 Å². The van der Waals surface area contributed by atoms with Gasteiger partial charge in [-0.25, -0.2) is 13.1 Å². The fraction of sp³-hybridized carbons (Fsp3) is 0.600. The molecule has 114 valence electrons. The normalized spacial score (nSPS) is 13.7. The number of hydrogen-bond acceptors (Lipinski definition) is 3. The van der Waals surface area contributed by atoms with Crippen molar-refractivity contribution in [2.45, 2.75) is 58.4 Å². The molecular formula is C15H26N2O2S. The zero-order valence-corrected chi connectivity index (χ0v) is 13.8. The van der Waals surface area contributed by atoms with Crippen LogP contribution in [0, 0.1) is 19.8 Å². The fourth-order valence-electron chi connectivity index (χ4n) is 2.53. The van der Waals surface area contributed by atoms with E-state index in [1.54, 1.807) is 19.1 Å². The molecule has 0 aliphatic rings. The van der Waals surface area contributed by atoms with Gasteiger partial charge in [-0.05, 0) is 49.9 Å². The first kappa shape index (κ1) is 17.0. The van der Waals surface area contributed by atoms with Gasteiger partial charge in [-0.3, -0.25) is 0 Å². The standard InChI is InChI=1S/C15H26N2O2S/c1-6-13(7-2)12(5)17-20(18,19)15-9-10(3)8-14(16)11(15)4/h8-9,12-13,17H,6-7,16H2,1-5H3. The van der Waals surface area contributed by atoms with Crippen LogP contribution in [0.4, 0.5) is 5.69 Å². The predicted octanol–water partition coefficient (Wildman–Crippen LogP) is 2.99. The molecule has 20 heavy (non-hydrogen) atoms. The van der Waals surface area contributed by atoms with Crippen molar-refractivity contribution in [3.63, 3.8) is 0 Å². The van der Waals surface area contributed by atoms with E-state index in [0.717, 1.165) is 18.4 Å². The van der Waals surface area contributed by atoms with Crippen molar-refractivity contribution in [3.8, 4) is 0 Å². The van der Waals surface area contributed by atoms with Crippen LogP contribution in [0.15, 0.2) is 17.0 Å². The molecule has 0 saturated carbocycles. The number of nitrogen functional groups attached to an aromatic ring is 1. The lowest BCUT2D eigenvalue weighted by molar-refractivity contribution is 0.390. The average Bonchev–Trinajstić information content (AvgIpc) is 2.34. The van der Waals surface area contributed by atoms with Gasteiger partial charge in [0, 0.05) is 11.7 Å². The van der Waals surface area contributed by atoms with Crippen LogP contribution < -0.4 is 10.5 Å². The summed E-state index contributed by atoms with van der Waals surface area (Å²) >= 11 is 0. The van der Waals surface area contributed by atoms with Crippen molar-refractivity contribution < 1.29 is 8.42 Å². The summed E-state index contributed by atoms with van der Waals surface area (Å²) in [5.41, 5.74) is 7.84. The monoisotopic (exact) mass is 298 g/mol. The van der Waals surface area contributed by atoms with E-state index in [1.807, 2.05) is 13.8 Å². The molecule has 1 aromatic rings. The molecule has 0 heterocycles. The highest BCUT2D eigenvalue weighted by molar-refractivity contribution is 7.89. The molecule has 0 aromatic heterocycles. The van der Waals surface area contributed by atoms with Crippen LogP contribution in [0.5, 0.6) is 0 Å². The summed E-state index contributed by atoms with van der Waals surface area (Å²) in [4.78, 5) is 0.285. The van der Waals surface area contributed by atoms with Crippen LogP contribution >= 0.6 is 0 Å². The van der Waals surface area contributed by atoms with E-state index in [2.05, 4.69) is 18.6 Å². The molecule has 0 aliphatic heterocycles. The quantitative estimate of drug-likeness (QED) is 0.793. The molecular weight excluding hydrogens is 272 g/mol. The van der Waals surface area contributed by atoms with Crippen molar-refractivity contribution in [2.24, 2.45) is 5.92 Å². The predicted molar refractivity (Wildman–Crippen MR) is 84.2 cm³/mol. The molecule has 1 atom stereocenters. The summed E-state index contributed by atoms with van der Waals surface area (Å²) in [6, 6.07) is 3.38. The van der Waals surface area contributed by atoms with E-state index < -0.39 is 10.0 Å². The Hall–Kier alpha value is -1.07. The van der Waals surface area contributed by atoms with Crippen molar-refractivity contribution >= 4 is 15.7 Å². The van der Waals surface area contributed by atoms with Gasteiger partial charge < -0.3 is 5.73 Å². The SMILES string of the molecule is CCC(CC)C(C)NS(=O)(=O)c1cc(C)cc(N)c1C. The third kappa shape index (κ3) is 3.73. The van der Waals surface area contributed by atoms with Crippen molar-refractivity contribution in [1.29, 1.82) is 0 Å². The highest BCUT2D eigenvalue weighted by Crippen LogP contribution is 2.24. The van der Waals surface area contributed by atoms with E-state index in [4.69, 9.17) is 5.73 Å². The molecule has 1 aromatic carbocycles. The molecule has 0 spiro atoms. The number of aryl methyl sites for hydroxylation is 1. The molecule has 0 fully saturated rings. The van der Waals surface area contributed by atoms with E-state index in [1.165, 1.54) is 0 Å². The number of hydrogen-bond donors (Lipinski definition) is 2. The van der Waals surface area contributed by atoms with Crippen LogP contribution in [0.2, 0.25) is 0 Å². The number of benzene rings is 1. The zero-order chi connectivity index (χ0) is 15.5. The number of sulfonamides is 1. The lowest BCUT2D eigenvalue weighted by Crippen LogP contribution is -2.38. The largest absolute Gasteiger partial charge is 0.398 e. The second kappa shape index (κ2) is 6.59. The van der Waals surface area contributed by atoms with Gasteiger partial charge in [-0.2, -0.15) is 0 Å². The van der Waals surface area contributed by atoms with Gasteiger partial charge in [0.25, 0.3) is 0 Å². The minimum atomic E-state index is -3.53. The Balaban J connectivity index is 3.12. The van der Waals surface area contributed by atoms with E-state index >= 15 is 0 Å². The van der Waals surface area contributed by atoms with Crippen molar-refractivity contribution in [1.82, 2.24) is 4.72 Å². The average molecular weight is 298 g/mol. The number of rotatable bonds is 6. The second-order valence-corrected chi connectivity index (χ2v) is 7.15. The molecule has 1 unspecified atom stereocenters. The van der Waals surface area contributed by atoms with Gasteiger partial charge in [0.15, 0.2) is 0 Å². The molecule has 5 heteroatoms. The molecule has 3 N–H and O–H groups in total. The molecule has 0 amide bonds. The molecule has 1 rings (SSSR count). The van der Waals surface area contributed by atoms with Crippen LogP contribution in [-0.4, -0.2) is 14.5 Å². The van der Waals surface area contributed by atoms with Gasteiger partial charge in [0.2, 0.25) is 10.0 Å². The smallest absolute Gasteiger partial charge is 0.241 e. The van der Waals surface area contributed by atoms with Gasteiger partial charge in [0.1, 0.15) is 0 Å². The third-order valence-corrected chi connectivity index (χ3v) is 5.62. The lowest BCUT2D eigenvalue weighted by Gasteiger charge is -2.23. The maximum absolute atomic E-state index is 12.5. The maximum Gasteiger partial charge on any atom is 0.241 e. The zero-order valence-electron chi connectivity index (χ0n) is 13.0. The number of nitrogens with two attached hydrogens (primary N) is 1. The molecule has 4 nitrogen and oxygen atoms in total. The minimum absolute atomic E-state index is 0.0869. The van der Waals surface area contributed by atoms with Crippen molar-refractivity contribution in [3.05, 3.63) is 23.3 Å². The Morgan fingerprint density at radius 1 is 1.20 bits per heavy atom. The summed E-state index contributed by atoms with van der Waals surface area (Å²) in [6.45, 7) is 9.66. The van der Waals surface area contributed by atoms with Crippen LogP contribution in [0.3, 0.4) is 0 Å². The summed E-state index contributed by atoms with van der Waals surface area (Å²) in [5, 5.41) is 0. The van der Waals surface area contributed by atoms with Crippen LogP contribution in [0.25, 0.3) is 0 Å². The lowest BCUT2D eigenvalue weighted by atomic mass is 9.96. The van der Waals surface area contributed by atoms with Gasteiger partial charge in [-0.1, -0.05) is 26.7 Å². The van der Waals surface area contributed by atoms with E-state index in [0.29, 0.717) is 17.2 Å². The number of anilines is 1. The van der Waals surface area contributed by atoms with Crippen LogP contribution in [0.1, 0.15) is 44.7 Å². The highest BCUT2D eigenvalue weighted by atomic mass is 32.2. The highest BCUT2D eigenvalue weighted by Gasteiger charge is 2.24. The van der Waals surface area contributed by atoms with Crippen molar-refractivity contribution in [2.75, 3.05) is 5.73 Å². The Kier molecular flexibility index (Phi) is 5.59. The summed E-state index contributed by atoms with van der Waals surface area (Å²) in [7, 11) is -3.53. The fourth-order valence-corrected chi connectivity index (χ4v) is 4.20. The molecule has 0 saturated heterocycles. The van der Waals surface area contributed by atoms with E-state index in [-0.39, 0.29) is 10.9 Å². The third-order valence-electron chi connectivity index (χ3n) is 3.93. The molecule has 0 bridgehead atoms. The van der Waals surface area contributed by atoms with Gasteiger partial charge in [-0.15, -0.1) is 0 Å². The van der Waals surface area contributed by atoms with Gasteiger partial charge in [0.05, 0.1) is 4.90 Å². The number of nitrogens with one attached hydrogen (secondary N) is 1. The summed E-state index contributed by atoms with van der Waals surface area (Å²) in [6.07, 6.45) is 1.91. The van der Waals surface area contributed by atoms with E-state index in [9.17, 15) is 8.42 Å². The molecule has 0 aliphatic carbocycles. The summed E-state index contributed by atoms with van der Waals surface area (Å²) in [5.74, 6) is 0.340. The summed E-state index contributed by atoms with van der Waals surface area (Å²) < 4.78 is 27.9. The first-order valence-corrected chi connectivity index (χ1v) is 8.60. The molecule has 0 radical (unpaired) electrons. The Morgan fingerprint density at radius 2 is 1.75 bits per heavy atom. The van der Waals surface area contributed by atoms with Crippen LogP contribution in [-0.2, 0) is 10.0 Å². The Morgan fingerprint density at radius 3 is 2.25 bits per heavy atom. The maximum atomic E-state index is 12.5.